The van der Waals surface area contributed by atoms with Crippen LogP contribution in [-0.4, -0.2) is 0 Å². The molecule has 2 aromatic rings. The van der Waals surface area contributed by atoms with E-state index in [1.165, 1.54) is 5.56 Å². The van der Waals surface area contributed by atoms with Crippen molar-refractivity contribution in [2.75, 3.05) is 0 Å². The Morgan fingerprint density at radius 2 is 1.78 bits per heavy atom. The van der Waals surface area contributed by atoms with E-state index in [4.69, 9.17) is 10.00 Å². The fraction of sp³-hybridized carbons (Fsp3) is 0.188. The summed E-state index contributed by atoms with van der Waals surface area (Å²) in [5.74, 6) is 0.730. The number of hydrogen-bond donors (Lipinski definition) is 0. The molecule has 2 heteroatoms. The summed E-state index contributed by atoms with van der Waals surface area (Å²) in [7, 11) is 0. The number of nitriles is 1. The highest BCUT2D eigenvalue weighted by atomic mass is 16.5. The molecule has 0 unspecified atom stereocenters. The van der Waals surface area contributed by atoms with Crippen molar-refractivity contribution in [3.8, 4) is 11.8 Å². The molecule has 0 saturated heterocycles. The number of benzene rings is 2. The monoisotopic (exact) mass is 237 g/mol. The molecule has 0 bridgehead atoms. The van der Waals surface area contributed by atoms with Crippen LogP contribution < -0.4 is 4.74 Å². The third-order valence-corrected chi connectivity index (χ3v) is 2.80. The molecule has 2 rings (SSSR count). The molecule has 0 amide bonds. The minimum absolute atomic E-state index is 0.527. The number of rotatable bonds is 4. The van der Waals surface area contributed by atoms with Gasteiger partial charge in [0.15, 0.2) is 0 Å². The summed E-state index contributed by atoms with van der Waals surface area (Å²) in [5.41, 5.74) is 3.08. The summed E-state index contributed by atoms with van der Waals surface area (Å²) >= 11 is 0. The molecule has 0 heterocycles. The van der Waals surface area contributed by atoms with Gasteiger partial charge in [-0.2, -0.15) is 5.26 Å². The maximum absolute atomic E-state index is 8.80. The summed E-state index contributed by atoms with van der Waals surface area (Å²) in [6.45, 7) is 2.66. The molecule has 0 spiro atoms. The fourth-order valence-corrected chi connectivity index (χ4v) is 1.69. The van der Waals surface area contributed by atoms with Crippen LogP contribution in [0.3, 0.4) is 0 Å². The standard InChI is InChI=1S/C16H15NO/c1-2-13-6-8-14(9-7-13)12-18-16-5-3-4-15(10-16)11-17/h3-10H,2,12H2,1H3. The van der Waals surface area contributed by atoms with Crippen molar-refractivity contribution >= 4 is 0 Å². The average molecular weight is 237 g/mol. The molecule has 2 aromatic carbocycles. The molecule has 0 aromatic heterocycles. The van der Waals surface area contributed by atoms with Crippen LogP contribution in [-0.2, 0) is 13.0 Å². The van der Waals surface area contributed by atoms with Gasteiger partial charge in [-0.05, 0) is 35.7 Å². The summed E-state index contributed by atoms with van der Waals surface area (Å²) in [6, 6.07) is 17.7. The highest BCUT2D eigenvalue weighted by Gasteiger charge is 1.98. The fourth-order valence-electron chi connectivity index (χ4n) is 1.69. The first-order chi connectivity index (χ1) is 8.81. The smallest absolute Gasteiger partial charge is 0.121 e. The van der Waals surface area contributed by atoms with Crippen LogP contribution in [0.5, 0.6) is 5.75 Å². The predicted octanol–water partition coefficient (Wildman–Crippen LogP) is 3.70. The molecule has 0 aliphatic heterocycles. The Morgan fingerprint density at radius 1 is 1.06 bits per heavy atom. The lowest BCUT2D eigenvalue weighted by Crippen LogP contribution is -1.95. The molecule has 18 heavy (non-hydrogen) atoms. The normalized spacial score (nSPS) is 9.78. The molecule has 2 nitrogen and oxygen atoms in total. The van der Waals surface area contributed by atoms with Gasteiger partial charge in [-0.25, -0.2) is 0 Å². The molecule has 0 atom stereocenters. The van der Waals surface area contributed by atoms with E-state index in [1.54, 1.807) is 12.1 Å². The van der Waals surface area contributed by atoms with Gasteiger partial charge < -0.3 is 4.74 Å². The van der Waals surface area contributed by atoms with Crippen LogP contribution in [0, 0.1) is 11.3 Å². The van der Waals surface area contributed by atoms with Crippen molar-refractivity contribution in [1.29, 1.82) is 5.26 Å². The lowest BCUT2D eigenvalue weighted by atomic mass is 10.1. The Balaban J connectivity index is 2.00. The summed E-state index contributed by atoms with van der Waals surface area (Å²) < 4.78 is 5.66. The van der Waals surface area contributed by atoms with E-state index in [-0.39, 0.29) is 0 Å². The number of aryl methyl sites for hydroxylation is 1. The Bertz CT molecular complexity index is 552. The van der Waals surface area contributed by atoms with Crippen LogP contribution in [0.2, 0.25) is 0 Å². The van der Waals surface area contributed by atoms with Gasteiger partial charge in [0.2, 0.25) is 0 Å². The maximum atomic E-state index is 8.80. The Hall–Kier alpha value is -2.27. The molecule has 0 saturated carbocycles. The van der Waals surface area contributed by atoms with Crippen molar-refractivity contribution in [1.82, 2.24) is 0 Å². The average Bonchev–Trinajstić information content (AvgIpc) is 2.46. The Labute approximate surface area is 107 Å². The molecular weight excluding hydrogens is 222 g/mol. The van der Waals surface area contributed by atoms with E-state index < -0.39 is 0 Å². The molecule has 0 aliphatic carbocycles. The zero-order chi connectivity index (χ0) is 12.8. The zero-order valence-electron chi connectivity index (χ0n) is 10.4. The van der Waals surface area contributed by atoms with Gasteiger partial charge in [0.05, 0.1) is 11.6 Å². The van der Waals surface area contributed by atoms with Crippen molar-refractivity contribution in [3.63, 3.8) is 0 Å². The van der Waals surface area contributed by atoms with Gasteiger partial charge in [-0.3, -0.25) is 0 Å². The summed E-state index contributed by atoms with van der Waals surface area (Å²) in [6.07, 6.45) is 1.05. The number of ether oxygens (including phenoxy) is 1. The van der Waals surface area contributed by atoms with E-state index in [2.05, 4.69) is 37.3 Å². The third kappa shape index (κ3) is 3.11. The first kappa shape index (κ1) is 12.2. The molecule has 0 fully saturated rings. The van der Waals surface area contributed by atoms with Gasteiger partial charge in [0, 0.05) is 0 Å². The highest BCUT2D eigenvalue weighted by Crippen LogP contribution is 2.15. The second kappa shape index (κ2) is 5.88. The first-order valence-electron chi connectivity index (χ1n) is 6.02. The molecule has 0 N–H and O–H groups in total. The SMILES string of the molecule is CCc1ccc(COc2cccc(C#N)c2)cc1. The van der Waals surface area contributed by atoms with Crippen LogP contribution in [0.4, 0.5) is 0 Å². The molecule has 90 valence electrons. The van der Waals surface area contributed by atoms with Crippen LogP contribution in [0.1, 0.15) is 23.6 Å². The van der Waals surface area contributed by atoms with Crippen molar-refractivity contribution in [3.05, 3.63) is 65.2 Å². The lowest BCUT2D eigenvalue weighted by Gasteiger charge is -2.07. The summed E-state index contributed by atoms with van der Waals surface area (Å²) in [4.78, 5) is 0. The van der Waals surface area contributed by atoms with Crippen molar-refractivity contribution < 1.29 is 4.74 Å². The third-order valence-electron chi connectivity index (χ3n) is 2.80. The predicted molar refractivity (Wildman–Crippen MR) is 71.3 cm³/mol. The maximum Gasteiger partial charge on any atom is 0.121 e. The first-order valence-corrected chi connectivity index (χ1v) is 6.02. The van der Waals surface area contributed by atoms with Gasteiger partial charge in [0.25, 0.3) is 0 Å². The second-order valence-electron chi connectivity index (χ2n) is 4.10. The number of hydrogen-bond acceptors (Lipinski definition) is 2. The van der Waals surface area contributed by atoms with Crippen LogP contribution in [0.25, 0.3) is 0 Å². The molecule has 0 radical (unpaired) electrons. The Morgan fingerprint density at radius 3 is 2.44 bits per heavy atom. The lowest BCUT2D eigenvalue weighted by molar-refractivity contribution is 0.306. The van der Waals surface area contributed by atoms with Gasteiger partial charge >= 0.3 is 0 Å². The Kier molecular flexibility index (Phi) is 3.98. The van der Waals surface area contributed by atoms with Gasteiger partial charge in [-0.15, -0.1) is 0 Å². The second-order valence-corrected chi connectivity index (χ2v) is 4.10. The molecule has 0 aliphatic rings. The zero-order valence-corrected chi connectivity index (χ0v) is 10.4. The highest BCUT2D eigenvalue weighted by molar-refractivity contribution is 5.36. The minimum atomic E-state index is 0.527. The van der Waals surface area contributed by atoms with E-state index in [9.17, 15) is 0 Å². The largest absolute Gasteiger partial charge is 0.489 e. The van der Waals surface area contributed by atoms with Gasteiger partial charge in [0.1, 0.15) is 12.4 Å². The number of nitrogens with zero attached hydrogens (tertiary/aromatic N) is 1. The van der Waals surface area contributed by atoms with E-state index in [0.717, 1.165) is 17.7 Å². The summed E-state index contributed by atoms with van der Waals surface area (Å²) in [5, 5.41) is 8.80. The van der Waals surface area contributed by atoms with Crippen LogP contribution >= 0.6 is 0 Å². The van der Waals surface area contributed by atoms with Crippen LogP contribution in [0.15, 0.2) is 48.5 Å². The van der Waals surface area contributed by atoms with Gasteiger partial charge in [-0.1, -0.05) is 37.3 Å². The van der Waals surface area contributed by atoms with Crippen molar-refractivity contribution in [2.24, 2.45) is 0 Å². The molecular formula is C16H15NO. The van der Waals surface area contributed by atoms with Crippen molar-refractivity contribution in [2.45, 2.75) is 20.0 Å². The van der Waals surface area contributed by atoms with E-state index in [1.807, 2.05) is 12.1 Å². The minimum Gasteiger partial charge on any atom is -0.489 e. The topological polar surface area (TPSA) is 33.0 Å². The quantitative estimate of drug-likeness (QED) is 0.812. The van der Waals surface area contributed by atoms with E-state index in [0.29, 0.717) is 12.2 Å². The van der Waals surface area contributed by atoms with E-state index >= 15 is 0 Å².